The molecule has 0 bridgehead atoms. The maximum Gasteiger partial charge on any atom is 0.259 e. The minimum atomic E-state index is -0.305. The maximum absolute atomic E-state index is 12.8. The fraction of sp³-hybridized carbons (Fsp3) is 0.105. The first-order valence-electron chi connectivity index (χ1n) is 8.04. The van der Waals surface area contributed by atoms with Crippen molar-refractivity contribution in [2.75, 3.05) is 10.6 Å². The number of carbonyl (C=O) groups excluding carboxylic acids is 2. The first-order chi connectivity index (χ1) is 12.8. The predicted molar refractivity (Wildman–Crippen MR) is 112 cm³/mol. The van der Waals surface area contributed by atoms with Crippen molar-refractivity contribution in [3.8, 4) is 5.69 Å². The quantitative estimate of drug-likeness (QED) is 0.544. The molecule has 3 aromatic rings. The van der Waals surface area contributed by atoms with Gasteiger partial charge in [-0.2, -0.15) is 5.10 Å². The molecule has 0 aliphatic rings. The van der Waals surface area contributed by atoms with Gasteiger partial charge in [0.05, 0.1) is 34.5 Å². The average molecular weight is 492 g/mol. The zero-order valence-corrected chi connectivity index (χ0v) is 17.8. The molecule has 0 radical (unpaired) electrons. The van der Waals surface area contributed by atoms with Gasteiger partial charge in [-0.05, 0) is 49.4 Å². The van der Waals surface area contributed by atoms with Crippen molar-refractivity contribution < 1.29 is 9.59 Å². The molecule has 2 N–H and O–H groups in total. The van der Waals surface area contributed by atoms with Crippen LogP contribution >= 0.6 is 31.9 Å². The second kappa shape index (κ2) is 8.06. The normalized spacial score (nSPS) is 10.5. The molecule has 2 aromatic carbocycles. The number of amides is 2. The van der Waals surface area contributed by atoms with Crippen LogP contribution in [0.25, 0.3) is 5.69 Å². The van der Waals surface area contributed by atoms with Crippen molar-refractivity contribution in [2.24, 2.45) is 0 Å². The summed E-state index contributed by atoms with van der Waals surface area (Å²) in [6.45, 7) is 3.25. The highest BCUT2D eigenvalue weighted by Crippen LogP contribution is 2.27. The lowest BCUT2D eigenvalue weighted by atomic mass is 10.2. The number of aromatic nitrogens is 2. The van der Waals surface area contributed by atoms with E-state index in [1.165, 1.54) is 13.1 Å². The second-order valence-electron chi connectivity index (χ2n) is 5.86. The van der Waals surface area contributed by atoms with Gasteiger partial charge in [0, 0.05) is 15.9 Å². The van der Waals surface area contributed by atoms with Crippen molar-refractivity contribution in [3.63, 3.8) is 0 Å². The smallest absolute Gasteiger partial charge is 0.259 e. The molecule has 0 spiro atoms. The monoisotopic (exact) mass is 490 g/mol. The van der Waals surface area contributed by atoms with Crippen molar-refractivity contribution in [3.05, 3.63) is 68.9 Å². The fourth-order valence-corrected chi connectivity index (χ4v) is 3.21. The van der Waals surface area contributed by atoms with Crippen molar-refractivity contribution in [1.82, 2.24) is 9.78 Å². The first-order valence-corrected chi connectivity index (χ1v) is 9.63. The van der Waals surface area contributed by atoms with Gasteiger partial charge in [0.15, 0.2) is 0 Å². The number of hydrogen-bond donors (Lipinski definition) is 2. The zero-order valence-electron chi connectivity index (χ0n) is 14.6. The Kier molecular flexibility index (Phi) is 5.76. The molecular formula is C19H16Br2N4O2. The van der Waals surface area contributed by atoms with Gasteiger partial charge >= 0.3 is 0 Å². The third kappa shape index (κ3) is 4.45. The number of carbonyl (C=O) groups is 2. The standard InChI is InChI=1S/C19H16Br2N4O2/c1-11-16(10-22-25(11)15-6-3-13(20)4-7-15)19(27)24-18-9-14(21)5-8-17(18)23-12(2)26/h3-10H,1-2H3,(H,23,26)(H,24,27). The molecule has 0 saturated heterocycles. The molecule has 1 aromatic heterocycles. The molecule has 1 heterocycles. The Bertz CT molecular complexity index is 1010. The van der Waals surface area contributed by atoms with E-state index in [1.807, 2.05) is 31.2 Å². The van der Waals surface area contributed by atoms with E-state index >= 15 is 0 Å². The predicted octanol–water partition coefficient (Wildman–Crippen LogP) is 4.92. The molecular weight excluding hydrogens is 476 g/mol. The van der Waals surface area contributed by atoms with Gasteiger partial charge in [-0.1, -0.05) is 31.9 Å². The van der Waals surface area contributed by atoms with E-state index in [0.717, 1.165) is 14.6 Å². The summed E-state index contributed by atoms with van der Waals surface area (Å²) in [6, 6.07) is 12.9. The number of halogens is 2. The van der Waals surface area contributed by atoms with Crippen LogP contribution in [0, 0.1) is 6.92 Å². The van der Waals surface area contributed by atoms with Crippen LogP contribution in [0.15, 0.2) is 57.6 Å². The summed E-state index contributed by atoms with van der Waals surface area (Å²) in [7, 11) is 0. The van der Waals surface area contributed by atoms with E-state index < -0.39 is 0 Å². The first kappa shape index (κ1) is 19.3. The van der Waals surface area contributed by atoms with Crippen LogP contribution in [-0.4, -0.2) is 21.6 Å². The molecule has 138 valence electrons. The number of rotatable bonds is 4. The van der Waals surface area contributed by atoms with Crippen LogP contribution in [0.4, 0.5) is 11.4 Å². The van der Waals surface area contributed by atoms with E-state index in [4.69, 9.17) is 0 Å². The minimum Gasteiger partial charge on any atom is -0.325 e. The molecule has 0 unspecified atom stereocenters. The number of anilines is 2. The highest BCUT2D eigenvalue weighted by Gasteiger charge is 2.17. The number of hydrogen-bond acceptors (Lipinski definition) is 3. The molecule has 0 atom stereocenters. The van der Waals surface area contributed by atoms with E-state index in [-0.39, 0.29) is 11.8 Å². The SMILES string of the molecule is CC(=O)Nc1ccc(Br)cc1NC(=O)c1cnn(-c2ccc(Br)cc2)c1C. The Morgan fingerprint density at radius 2 is 1.63 bits per heavy atom. The van der Waals surface area contributed by atoms with E-state index in [2.05, 4.69) is 47.6 Å². The van der Waals surface area contributed by atoms with Crippen LogP contribution in [0.5, 0.6) is 0 Å². The summed E-state index contributed by atoms with van der Waals surface area (Å²) in [4.78, 5) is 24.2. The Morgan fingerprint density at radius 3 is 2.30 bits per heavy atom. The van der Waals surface area contributed by atoms with E-state index in [9.17, 15) is 9.59 Å². The lowest BCUT2D eigenvalue weighted by molar-refractivity contribution is -0.114. The molecule has 0 saturated carbocycles. The summed E-state index contributed by atoms with van der Waals surface area (Å²) in [6.07, 6.45) is 1.53. The highest BCUT2D eigenvalue weighted by atomic mass is 79.9. The van der Waals surface area contributed by atoms with Gasteiger partial charge in [0.25, 0.3) is 5.91 Å². The van der Waals surface area contributed by atoms with Crippen LogP contribution < -0.4 is 10.6 Å². The third-order valence-corrected chi connectivity index (χ3v) is 4.89. The van der Waals surface area contributed by atoms with Gasteiger partial charge in [-0.25, -0.2) is 4.68 Å². The number of nitrogens with zero attached hydrogens (tertiary/aromatic N) is 2. The highest BCUT2D eigenvalue weighted by molar-refractivity contribution is 9.10. The van der Waals surface area contributed by atoms with E-state index in [0.29, 0.717) is 22.6 Å². The lowest BCUT2D eigenvalue weighted by Gasteiger charge is -2.12. The summed E-state index contributed by atoms with van der Waals surface area (Å²) in [5.41, 5.74) is 3.05. The van der Waals surface area contributed by atoms with Crippen LogP contribution in [0.2, 0.25) is 0 Å². The second-order valence-corrected chi connectivity index (χ2v) is 7.69. The summed E-state index contributed by atoms with van der Waals surface area (Å²) in [5.74, 6) is -0.521. The molecule has 27 heavy (non-hydrogen) atoms. The van der Waals surface area contributed by atoms with E-state index in [1.54, 1.807) is 22.9 Å². The Morgan fingerprint density at radius 1 is 0.963 bits per heavy atom. The van der Waals surface area contributed by atoms with Crippen molar-refractivity contribution in [2.45, 2.75) is 13.8 Å². The van der Waals surface area contributed by atoms with Crippen LogP contribution in [0.3, 0.4) is 0 Å². The summed E-state index contributed by atoms with van der Waals surface area (Å²) in [5, 5.41) is 9.88. The third-order valence-electron chi connectivity index (χ3n) is 3.87. The molecule has 6 nitrogen and oxygen atoms in total. The molecule has 0 aliphatic carbocycles. The number of nitrogens with one attached hydrogen (secondary N) is 2. The van der Waals surface area contributed by atoms with Gasteiger partial charge in [-0.3, -0.25) is 9.59 Å². The van der Waals surface area contributed by atoms with Gasteiger partial charge in [0.1, 0.15) is 0 Å². The Hall–Kier alpha value is -2.45. The lowest BCUT2D eigenvalue weighted by Crippen LogP contribution is -2.16. The van der Waals surface area contributed by atoms with Gasteiger partial charge < -0.3 is 10.6 Å². The molecule has 0 aliphatic heterocycles. The largest absolute Gasteiger partial charge is 0.325 e. The Labute approximate surface area is 173 Å². The van der Waals surface area contributed by atoms with Gasteiger partial charge in [-0.15, -0.1) is 0 Å². The fourth-order valence-electron chi connectivity index (χ4n) is 2.58. The zero-order chi connectivity index (χ0) is 19.6. The van der Waals surface area contributed by atoms with Crippen molar-refractivity contribution in [1.29, 1.82) is 0 Å². The van der Waals surface area contributed by atoms with Gasteiger partial charge in [0.2, 0.25) is 5.91 Å². The minimum absolute atomic E-state index is 0.216. The molecule has 2 amide bonds. The van der Waals surface area contributed by atoms with Crippen LogP contribution in [0.1, 0.15) is 23.0 Å². The molecule has 3 rings (SSSR count). The number of benzene rings is 2. The summed E-state index contributed by atoms with van der Waals surface area (Å²) < 4.78 is 3.46. The molecule has 0 fully saturated rings. The van der Waals surface area contributed by atoms with Crippen molar-refractivity contribution >= 4 is 55.0 Å². The molecule has 8 heteroatoms. The topological polar surface area (TPSA) is 76.0 Å². The Balaban J connectivity index is 1.89. The van der Waals surface area contributed by atoms with Crippen LogP contribution in [-0.2, 0) is 4.79 Å². The maximum atomic E-state index is 12.8. The summed E-state index contributed by atoms with van der Waals surface area (Å²) >= 11 is 6.78. The average Bonchev–Trinajstić information content (AvgIpc) is 2.99.